The lowest BCUT2D eigenvalue weighted by molar-refractivity contribution is -0.239. The fourth-order valence-electron chi connectivity index (χ4n) is 4.64. The monoisotopic (exact) mass is 538 g/mol. The van der Waals surface area contributed by atoms with E-state index in [0.717, 1.165) is 22.3 Å². The molecule has 40 heavy (non-hydrogen) atoms. The molecule has 0 N–H and O–H groups in total. The fraction of sp³-hybridized carbons (Fsp3) is 0.265. The number of benzene rings is 4. The molecule has 1 saturated heterocycles. The van der Waals surface area contributed by atoms with Crippen molar-refractivity contribution in [2.75, 3.05) is 6.61 Å². The summed E-state index contributed by atoms with van der Waals surface area (Å²) < 4.78 is 31.0. The third-order valence-corrected chi connectivity index (χ3v) is 6.73. The standard InChI is InChI=1S/C34H34O6/c35-34-33(39-24-29-19-11-4-12-20-29)32(38-23-28-17-9-3-10-18-28)31(37-22-27-15-7-2-8-16-27)30(40-34)25-36-21-26-13-5-1-6-14-26/h1-20,30-33H,21-25H2/t30-,31-,32+,33+/m0/s1. The molecule has 1 heterocycles. The van der Waals surface area contributed by atoms with Gasteiger partial charge in [-0.1, -0.05) is 121 Å². The van der Waals surface area contributed by atoms with Crippen molar-refractivity contribution in [2.45, 2.75) is 50.8 Å². The molecule has 6 heteroatoms. The molecule has 0 unspecified atom stereocenters. The molecular formula is C34H34O6. The molecule has 0 radical (unpaired) electrons. The number of ether oxygens (including phenoxy) is 5. The van der Waals surface area contributed by atoms with Crippen molar-refractivity contribution in [3.05, 3.63) is 144 Å². The topological polar surface area (TPSA) is 63.2 Å². The zero-order chi connectivity index (χ0) is 27.4. The van der Waals surface area contributed by atoms with Crippen LogP contribution in [0.4, 0.5) is 0 Å². The maximum Gasteiger partial charge on any atom is 0.338 e. The lowest BCUT2D eigenvalue weighted by Gasteiger charge is -2.41. The number of hydrogen-bond acceptors (Lipinski definition) is 6. The lowest BCUT2D eigenvalue weighted by atomic mass is 9.98. The summed E-state index contributed by atoms with van der Waals surface area (Å²) >= 11 is 0. The molecule has 0 spiro atoms. The van der Waals surface area contributed by atoms with Crippen LogP contribution in [0.5, 0.6) is 0 Å². The predicted molar refractivity (Wildman–Crippen MR) is 151 cm³/mol. The summed E-state index contributed by atoms with van der Waals surface area (Å²) in [6.45, 7) is 1.43. The highest BCUT2D eigenvalue weighted by atomic mass is 16.6. The number of rotatable bonds is 13. The Bertz CT molecular complexity index is 1280. The minimum atomic E-state index is -0.963. The van der Waals surface area contributed by atoms with Crippen molar-refractivity contribution in [2.24, 2.45) is 0 Å². The summed E-state index contributed by atoms with van der Waals surface area (Å²) in [5.74, 6) is -0.484. The summed E-state index contributed by atoms with van der Waals surface area (Å²) in [6.07, 6.45) is -2.95. The van der Waals surface area contributed by atoms with Crippen LogP contribution in [0.25, 0.3) is 0 Å². The first-order valence-corrected chi connectivity index (χ1v) is 13.5. The highest BCUT2D eigenvalue weighted by molar-refractivity contribution is 5.77. The molecule has 0 amide bonds. The predicted octanol–water partition coefficient (Wildman–Crippen LogP) is 5.88. The van der Waals surface area contributed by atoms with Gasteiger partial charge in [-0.2, -0.15) is 0 Å². The normalized spacial score (nSPS) is 20.6. The Labute approximate surface area is 235 Å². The fourth-order valence-corrected chi connectivity index (χ4v) is 4.64. The van der Waals surface area contributed by atoms with Crippen molar-refractivity contribution < 1.29 is 28.5 Å². The second-order valence-corrected chi connectivity index (χ2v) is 9.72. The minimum Gasteiger partial charge on any atom is -0.455 e. The molecule has 4 aromatic rings. The zero-order valence-electron chi connectivity index (χ0n) is 22.3. The van der Waals surface area contributed by atoms with Gasteiger partial charge < -0.3 is 23.7 Å². The number of carbonyl (C=O) groups is 1. The molecule has 1 fully saturated rings. The van der Waals surface area contributed by atoms with E-state index in [4.69, 9.17) is 23.7 Å². The van der Waals surface area contributed by atoms with E-state index in [2.05, 4.69) is 0 Å². The van der Waals surface area contributed by atoms with Gasteiger partial charge in [0.2, 0.25) is 0 Å². The Hall–Kier alpha value is -3.81. The van der Waals surface area contributed by atoms with Crippen LogP contribution < -0.4 is 0 Å². The summed E-state index contributed by atoms with van der Waals surface area (Å²) in [7, 11) is 0. The van der Waals surface area contributed by atoms with Crippen LogP contribution in [-0.2, 0) is 54.9 Å². The third kappa shape index (κ3) is 7.87. The Morgan fingerprint density at radius 2 is 0.900 bits per heavy atom. The van der Waals surface area contributed by atoms with Crippen molar-refractivity contribution in [3.8, 4) is 0 Å². The van der Waals surface area contributed by atoms with Gasteiger partial charge in [0.15, 0.2) is 12.2 Å². The van der Waals surface area contributed by atoms with Gasteiger partial charge in [0.1, 0.15) is 12.2 Å². The first-order valence-electron chi connectivity index (χ1n) is 13.5. The minimum absolute atomic E-state index is 0.163. The van der Waals surface area contributed by atoms with Gasteiger partial charge >= 0.3 is 5.97 Å². The van der Waals surface area contributed by atoms with Gasteiger partial charge in [0.25, 0.3) is 0 Å². The zero-order valence-corrected chi connectivity index (χ0v) is 22.3. The summed E-state index contributed by atoms with van der Waals surface area (Å²) in [5.41, 5.74) is 3.98. The molecule has 0 aromatic heterocycles. The first-order chi connectivity index (χ1) is 19.8. The maximum absolute atomic E-state index is 13.4. The van der Waals surface area contributed by atoms with E-state index in [1.165, 1.54) is 0 Å². The van der Waals surface area contributed by atoms with Crippen LogP contribution in [0.3, 0.4) is 0 Å². The summed E-state index contributed by atoms with van der Waals surface area (Å²) in [4.78, 5) is 13.4. The maximum atomic E-state index is 13.4. The summed E-state index contributed by atoms with van der Waals surface area (Å²) in [5, 5.41) is 0. The van der Waals surface area contributed by atoms with E-state index in [0.29, 0.717) is 19.8 Å². The largest absolute Gasteiger partial charge is 0.455 e. The Morgan fingerprint density at radius 3 is 1.38 bits per heavy atom. The van der Waals surface area contributed by atoms with E-state index >= 15 is 0 Å². The average molecular weight is 539 g/mol. The SMILES string of the molecule is O=C1O[C@@H](COCc2ccccc2)[C@H](OCc2ccccc2)[C@@H](OCc2ccccc2)[C@H]1OCc1ccccc1. The molecular weight excluding hydrogens is 504 g/mol. The highest BCUT2D eigenvalue weighted by Crippen LogP contribution is 2.28. The smallest absolute Gasteiger partial charge is 0.338 e. The highest BCUT2D eigenvalue weighted by Gasteiger charge is 2.48. The molecule has 6 nitrogen and oxygen atoms in total. The Balaban J connectivity index is 1.36. The van der Waals surface area contributed by atoms with Crippen molar-refractivity contribution >= 4 is 5.97 Å². The molecule has 4 atom stereocenters. The molecule has 1 aliphatic rings. The van der Waals surface area contributed by atoms with Gasteiger partial charge in [-0.3, -0.25) is 0 Å². The molecule has 4 aromatic carbocycles. The van der Waals surface area contributed by atoms with Crippen molar-refractivity contribution in [1.29, 1.82) is 0 Å². The average Bonchev–Trinajstić information content (AvgIpc) is 3.01. The van der Waals surface area contributed by atoms with Gasteiger partial charge in [-0.15, -0.1) is 0 Å². The van der Waals surface area contributed by atoms with Crippen LogP contribution in [0.15, 0.2) is 121 Å². The van der Waals surface area contributed by atoms with E-state index in [1.54, 1.807) is 0 Å². The van der Waals surface area contributed by atoms with E-state index < -0.39 is 30.4 Å². The Kier molecular flexibility index (Phi) is 10.1. The third-order valence-electron chi connectivity index (χ3n) is 6.73. The Morgan fingerprint density at radius 1 is 0.500 bits per heavy atom. The van der Waals surface area contributed by atoms with E-state index in [-0.39, 0.29) is 13.2 Å². The van der Waals surface area contributed by atoms with Crippen molar-refractivity contribution in [3.63, 3.8) is 0 Å². The van der Waals surface area contributed by atoms with Crippen LogP contribution in [-0.4, -0.2) is 37.0 Å². The second-order valence-electron chi connectivity index (χ2n) is 9.72. The molecule has 206 valence electrons. The lowest BCUT2D eigenvalue weighted by Crippen LogP contribution is -2.59. The molecule has 5 rings (SSSR count). The van der Waals surface area contributed by atoms with Gasteiger partial charge in [0.05, 0.1) is 33.0 Å². The number of esters is 1. The van der Waals surface area contributed by atoms with Crippen LogP contribution in [0, 0.1) is 0 Å². The van der Waals surface area contributed by atoms with Gasteiger partial charge in [-0.05, 0) is 22.3 Å². The number of cyclic esters (lactones) is 1. The van der Waals surface area contributed by atoms with E-state index in [9.17, 15) is 4.79 Å². The van der Waals surface area contributed by atoms with Gasteiger partial charge in [0, 0.05) is 0 Å². The van der Waals surface area contributed by atoms with Crippen molar-refractivity contribution in [1.82, 2.24) is 0 Å². The van der Waals surface area contributed by atoms with Gasteiger partial charge in [-0.25, -0.2) is 4.79 Å². The molecule has 1 aliphatic heterocycles. The van der Waals surface area contributed by atoms with Crippen LogP contribution in [0.1, 0.15) is 22.3 Å². The quantitative estimate of drug-likeness (QED) is 0.198. The second kappa shape index (κ2) is 14.5. The molecule has 0 aliphatic carbocycles. The van der Waals surface area contributed by atoms with Crippen LogP contribution in [0.2, 0.25) is 0 Å². The summed E-state index contributed by atoms with van der Waals surface area (Å²) in [6, 6.07) is 39.4. The molecule has 0 bridgehead atoms. The first kappa shape index (κ1) is 27.7. The van der Waals surface area contributed by atoms with E-state index in [1.807, 2.05) is 121 Å². The van der Waals surface area contributed by atoms with Crippen LogP contribution >= 0.6 is 0 Å². The number of carbonyl (C=O) groups excluding carboxylic acids is 1. The number of hydrogen-bond donors (Lipinski definition) is 0. The molecule has 0 saturated carbocycles.